The number of nitrogens with one attached hydrogen (secondary N) is 1. The molecule has 2 fully saturated rings. The fourth-order valence-electron chi connectivity index (χ4n) is 3.31. The van der Waals surface area contributed by atoms with Crippen molar-refractivity contribution in [1.29, 1.82) is 0 Å². The Balaban J connectivity index is 2.06. The van der Waals surface area contributed by atoms with Gasteiger partial charge >= 0.3 is 5.97 Å². The maximum atomic E-state index is 12.5. The van der Waals surface area contributed by atoms with Crippen LogP contribution in [0.25, 0.3) is 0 Å². The minimum atomic E-state index is -0.445. The third-order valence-corrected chi connectivity index (χ3v) is 4.43. The average molecular weight is 269 g/mol. The number of hydrogen-bond acceptors (Lipinski definition) is 5. The maximum Gasteiger partial charge on any atom is 0.326 e. The molecule has 110 valence electrons. The van der Waals surface area contributed by atoms with E-state index in [-0.39, 0.29) is 5.97 Å². The molecule has 0 aromatic rings. The highest BCUT2D eigenvalue weighted by molar-refractivity contribution is 5.81. The minimum absolute atomic E-state index is 0.0414. The molecule has 5 heteroatoms. The molecule has 0 radical (unpaired) electrons. The normalized spacial score (nSPS) is 33.7. The monoisotopic (exact) mass is 269 g/mol. The van der Waals surface area contributed by atoms with E-state index in [0.29, 0.717) is 12.5 Å². The maximum absolute atomic E-state index is 12.5. The van der Waals surface area contributed by atoms with Crippen LogP contribution in [0, 0.1) is 5.92 Å². The lowest BCUT2D eigenvalue weighted by atomic mass is 9.78. The predicted octanol–water partition coefficient (Wildman–Crippen LogP) is 0.165. The van der Waals surface area contributed by atoms with Crippen LogP contribution in [0.4, 0.5) is 0 Å². The van der Waals surface area contributed by atoms with Gasteiger partial charge in [-0.2, -0.15) is 0 Å². The smallest absolute Gasteiger partial charge is 0.326 e. The summed E-state index contributed by atoms with van der Waals surface area (Å²) in [6.07, 6.45) is 1.98. The van der Waals surface area contributed by atoms with Gasteiger partial charge in [0.2, 0.25) is 0 Å². The van der Waals surface area contributed by atoms with Gasteiger partial charge in [0.1, 0.15) is 5.54 Å². The van der Waals surface area contributed by atoms with Crippen LogP contribution in [0.3, 0.4) is 0 Å². The number of rotatable bonds is 6. The third kappa shape index (κ3) is 3.09. The van der Waals surface area contributed by atoms with Gasteiger partial charge < -0.3 is 19.9 Å². The number of carbonyl (C=O) groups excluding carboxylic acids is 1. The van der Waals surface area contributed by atoms with Crippen LogP contribution in [-0.2, 0) is 9.53 Å². The molecule has 0 amide bonds. The summed E-state index contributed by atoms with van der Waals surface area (Å²) in [6, 6.07) is 0. The molecule has 2 aliphatic rings. The Hall–Kier alpha value is -0.650. The van der Waals surface area contributed by atoms with E-state index < -0.39 is 5.54 Å². The number of esters is 1. The summed E-state index contributed by atoms with van der Waals surface area (Å²) in [4.78, 5) is 17.1. The standard InChI is InChI=1S/C14H27N3O2/c1-4-19-13(18)14(15-7-10-16(2)3)6-9-17-8-5-12(14)11-17/h12,15H,4-11H2,1-3H3. The lowest BCUT2D eigenvalue weighted by Gasteiger charge is -2.41. The van der Waals surface area contributed by atoms with E-state index in [0.717, 1.165) is 45.6 Å². The van der Waals surface area contributed by atoms with E-state index in [1.54, 1.807) is 0 Å². The predicted molar refractivity (Wildman–Crippen MR) is 75.1 cm³/mol. The first-order valence-electron chi connectivity index (χ1n) is 7.38. The molecule has 2 aliphatic heterocycles. The Morgan fingerprint density at radius 2 is 2.26 bits per heavy atom. The number of hydrogen-bond donors (Lipinski definition) is 1. The molecule has 3 unspecified atom stereocenters. The zero-order valence-corrected chi connectivity index (χ0v) is 12.4. The number of piperidine rings is 1. The van der Waals surface area contributed by atoms with Crippen LogP contribution in [0.15, 0.2) is 0 Å². The van der Waals surface area contributed by atoms with Crippen LogP contribution >= 0.6 is 0 Å². The summed E-state index contributed by atoms with van der Waals surface area (Å²) in [5.41, 5.74) is -0.445. The van der Waals surface area contributed by atoms with Crippen molar-refractivity contribution >= 4 is 5.97 Å². The number of carbonyl (C=O) groups is 1. The van der Waals surface area contributed by atoms with Gasteiger partial charge in [0.25, 0.3) is 0 Å². The van der Waals surface area contributed by atoms with Crippen molar-refractivity contribution < 1.29 is 9.53 Å². The van der Waals surface area contributed by atoms with Gasteiger partial charge in [0.05, 0.1) is 6.61 Å². The summed E-state index contributed by atoms with van der Waals surface area (Å²) in [5, 5.41) is 3.54. The fraction of sp³-hybridized carbons (Fsp3) is 0.929. The highest BCUT2D eigenvalue weighted by Gasteiger charge is 2.51. The minimum Gasteiger partial charge on any atom is -0.465 e. The van der Waals surface area contributed by atoms with E-state index in [9.17, 15) is 4.79 Å². The number of ether oxygens (including phenoxy) is 1. The second kappa shape index (κ2) is 6.20. The molecule has 1 N–H and O–H groups in total. The fourth-order valence-corrected chi connectivity index (χ4v) is 3.31. The molecular weight excluding hydrogens is 242 g/mol. The second-order valence-electron chi connectivity index (χ2n) is 5.96. The molecule has 0 aromatic carbocycles. The van der Waals surface area contributed by atoms with E-state index in [1.807, 2.05) is 6.92 Å². The molecule has 2 heterocycles. The van der Waals surface area contributed by atoms with Gasteiger partial charge in [0, 0.05) is 32.1 Å². The topological polar surface area (TPSA) is 44.8 Å². The molecule has 2 bridgehead atoms. The Morgan fingerprint density at radius 3 is 2.95 bits per heavy atom. The Morgan fingerprint density at radius 1 is 1.47 bits per heavy atom. The zero-order chi connectivity index (χ0) is 13.9. The van der Waals surface area contributed by atoms with E-state index >= 15 is 0 Å². The Kier molecular flexibility index (Phi) is 4.81. The third-order valence-electron chi connectivity index (χ3n) is 4.43. The molecule has 3 atom stereocenters. The van der Waals surface area contributed by atoms with Crippen LogP contribution in [0.1, 0.15) is 19.8 Å². The lowest BCUT2D eigenvalue weighted by molar-refractivity contribution is -0.155. The molecule has 0 aromatic heterocycles. The van der Waals surface area contributed by atoms with Crippen molar-refractivity contribution in [1.82, 2.24) is 15.1 Å². The van der Waals surface area contributed by atoms with Gasteiger partial charge in [-0.1, -0.05) is 0 Å². The second-order valence-corrected chi connectivity index (χ2v) is 5.96. The van der Waals surface area contributed by atoms with Crippen molar-refractivity contribution in [3.63, 3.8) is 0 Å². The first-order valence-corrected chi connectivity index (χ1v) is 7.38. The van der Waals surface area contributed by atoms with E-state index in [4.69, 9.17) is 4.74 Å². The van der Waals surface area contributed by atoms with Gasteiger partial charge in [-0.25, -0.2) is 0 Å². The van der Waals surface area contributed by atoms with Crippen molar-refractivity contribution in [3.8, 4) is 0 Å². The van der Waals surface area contributed by atoms with Crippen molar-refractivity contribution in [2.75, 3.05) is 53.4 Å². The summed E-state index contributed by atoms with van der Waals surface area (Å²) in [7, 11) is 4.10. The number of likely N-dealkylation sites (N-methyl/N-ethyl adjacent to an activating group) is 1. The van der Waals surface area contributed by atoms with Crippen LogP contribution in [0.5, 0.6) is 0 Å². The molecule has 0 aliphatic carbocycles. The molecule has 2 saturated heterocycles. The summed E-state index contributed by atoms with van der Waals surface area (Å²) < 4.78 is 5.36. The Bertz CT molecular complexity index is 322. The summed E-state index contributed by atoms with van der Waals surface area (Å²) >= 11 is 0. The molecular formula is C14H27N3O2. The van der Waals surface area contributed by atoms with E-state index in [2.05, 4.69) is 29.2 Å². The van der Waals surface area contributed by atoms with Gasteiger partial charge in [-0.05, 0) is 40.4 Å². The SMILES string of the molecule is CCOC(=O)C1(NCCN(C)C)CCN2CCC1C2. The highest BCUT2D eigenvalue weighted by Crippen LogP contribution is 2.36. The van der Waals surface area contributed by atoms with Crippen molar-refractivity contribution in [2.45, 2.75) is 25.3 Å². The summed E-state index contributed by atoms with van der Waals surface area (Å²) in [5.74, 6) is 0.364. The largest absolute Gasteiger partial charge is 0.465 e. The molecule has 0 saturated carbocycles. The lowest BCUT2D eigenvalue weighted by Crippen LogP contribution is -2.62. The summed E-state index contributed by atoms with van der Waals surface area (Å²) in [6.45, 7) is 7.29. The van der Waals surface area contributed by atoms with Crippen LogP contribution in [-0.4, -0.2) is 74.7 Å². The van der Waals surface area contributed by atoms with Crippen LogP contribution in [0.2, 0.25) is 0 Å². The first kappa shape index (κ1) is 14.8. The molecule has 0 spiro atoms. The van der Waals surface area contributed by atoms with Gasteiger partial charge in [-0.15, -0.1) is 0 Å². The van der Waals surface area contributed by atoms with Crippen LogP contribution < -0.4 is 5.32 Å². The highest BCUT2D eigenvalue weighted by atomic mass is 16.5. The van der Waals surface area contributed by atoms with Gasteiger partial charge in [0.15, 0.2) is 0 Å². The molecule has 19 heavy (non-hydrogen) atoms. The first-order chi connectivity index (χ1) is 9.08. The van der Waals surface area contributed by atoms with Crippen molar-refractivity contribution in [3.05, 3.63) is 0 Å². The molecule has 5 nitrogen and oxygen atoms in total. The van der Waals surface area contributed by atoms with Gasteiger partial charge in [-0.3, -0.25) is 4.79 Å². The zero-order valence-electron chi connectivity index (χ0n) is 12.4. The van der Waals surface area contributed by atoms with E-state index in [1.165, 1.54) is 0 Å². The quantitative estimate of drug-likeness (QED) is 0.696. The number of nitrogens with zero attached hydrogens (tertiary/aromatic N) is 2. The Labute approximate surface area is 116 Å². The average Bonchev–Trinajstić information content (AvgIpc) is 2.76. The number of fused-ring (bicyclic) bond motifs is 2. The molecule has 2 rings (SSSR count). The van der Waals surface area contributed by atoms with Crippen molar-refractivity contribution in [2.24, 2.45) is 5.92 Å².